The molecule has 0 bridgehead atoms. The summed E-state index contributed by atoms with van der Waals surface area (Å²) in [4.78, 5) is 3.67. The Hall–Kier alpha value is -1.08. The third-order valence-corrected chi connectivity index (χ3v) is 3.18. The first-order valence-corrected chi connectivity index (χ1v) is 6.13. The molecule has 1 aromatic carbocycles. The molecule has 0 amide bonds. The Morgan fingerprint density at radius 2 is 1.89 bits per heavy atom. The van der Waals surface area contributed by atoms with E-state index < -0.39 is 24.3 Å². The van der Waals surface area contributed by atoms with Crippen molar-refractivity contribution in [2.24, 2.45) is 4.99 Å². The van der Waals surface area contributed by atoms with E-state index in [0.717, 1.165) is 0 Å². The highest BCUT2D eigenvalue weighted by molar-refractivity contribution is 8.00. The number of benzene rings is 1. The normalized spacial score (nSPS) is 15.0. The molecule has 0 N–H and O–H groups in total. The molecule has 1 aromatic rings. The number of ether oxygens (including phenoxy) is 1. The molecule has 19 heavy (non-hydrogen) atoms. The monoisotopic (exact) mass is 295 g/mol. The Morgan fingerprint density at radius 1 is 1.32 bits per heavy atom. The number of hydrogen-bond acceptors (Lipinski definition) is 3. The molecule has 0 spiro atoms. The lowest BCUT2D eigenvalue weighted by atomic mass is 10.0. The summed E-state index contributed by atoms with van der Waals surface area (Å²) in [5, 5.41) is 0. The zero-order chi connectivity index (χ0) is 14.5. The second-order valence-electron chi connectivity index (χ2n) is 3.68. The number of halogens is 4. The summed E-state index contributed by atoms with van der Waals surface area (Å²) >= 11 is -0.202. The van der Waals surface area contributed by atoms with Gasteiger partial charge >= 0.3 is 5.51 Å². The van der Waals surface area contributed by atoms with E-state index in [1.54, 1.807) is 0 Å². The molecule has 0 heterocycles. The molecular formula is C12H13F4NOS. The van der Waals surface area contributed by atoms with E-state index in [1.165, 1.54) is 31.4 Å². The van der Waals surface area contributed by atoms with Gasteiger partial charge in [0.2, 0.25) is 0 Å². The lowest BCUT2D eigenvalue weighted by Gasteiger charge is -2.20. The zero-order valence-corrected chi connectivity index (χ0v) is 11.0. The molecule has 0 radical (unpaired) electrons. The van der Waals surface area contributed by atoms with Crippen molar-refractivity contribution in [3.63, 3.8) is 0 Å². The highest BCUT2D eigenvalue weighted by atomic mass is 32.2. The van der Waals surface area contributed by atoms with Gasteiger partial charge in [0.15, 0.2) is 0 Å². The summed E-state index contributed by atoms with van der Waals surface area (Å²) in [5.41, 5.74) is -3.77. The Labute approximate surface area is 112 Å². The molecule has 7 heteroatoms. The van der Waals surface area contributed by atoms with Gasteiger partial charge < -0.3 is 4.74 Å². The van der Waals surface area contributed by atoms with Gasteiger partial charge in [-0.05, 0) is 36.2 Å². The second kappa shape index (κ2) is 6.91. The SMILES string of the molecule is C=N[C@H](CF)[C@H](OC)c1ccc(SC(F)(F)F)cc1. The average Bonchev–Trinajstić information content (AvgIpc) is 2.35. The van der Waals surface area contributed by atoms with Crippen LogP contribution in [-0.4, -0.2) is 32.1 Å². The van der Waals surface area contributed by atoms with Crippen molar-refractivity contribution in [3.8, 4) is 0 Å². The number of hydrogen-bond donors (Lipinski definition) is 0. The summed E-state index contributed by atoms with van der Waals surface area (Å²) in [6.45, 7) is 2.52. The van der Waals surface area contributed by atoms with Crippen LogP contribution in [0.1, 0.15) is 11.7 Å². The predicted octanol–water partition coefficient (Wildman–Crippen LogP) is 4.02. The van der Waals surface area contributed by atoms with E-state index in [0.29, 0.717) is 5.56 Å². The van der Waals surface area contributed by atoms with E-state index >= 15 is 0 Å². The Balaban J connectivity index is 2.87. The third kappa shape index (κ3) is 4.83. The fraction of sp³-hybridized carbons (Fsp3) is 0.417. The van der Waals surface area contributed by atoms with Crippen molar-refractivity contribution in [3.05, 3.63) is 29.8 Å². The number of alkyl halides is 4. The minimum Gasteiger partial charge on any atom is -0.374 e. The van der Waals surface area contributed by atoms with Crippen molar-refractivity contribution < 1.29 is 22.3 Å². The molecule has 0 fully saturated rings. The van der Waals surface area contributed by atoms with Gasteiger partial charge in [0.05, 0.1) is 0 Å². The van der Waals surface area contributed by atoms with Gasteiger partial charge in [-0.25, -0.2) is 4.39 Å². The number of thioether (sulfide) groups is 1. The van der Waals surface area contributed by atoms with Crippen molar-refractivity contribution in [1.82, 2.24) is 0 Å². The minimum absolute atomic E-state index is 0.0643. The maximum absolute atomic E-state index is 12.7. The van der Waals surface area contributed by atoms with Gasteiger partial charge in [0.1, 0.15) is 18.8 Å². The van der Waals surface area contributed by atoms with Crippen LogP contribution in [0.15, 0.2) is 34.2 Å². The summed E-state index contributed by atoms with van der Waals surface area (Å²) in [6, 6.07) is 4.80. The molecule has 2 atom stereocenters. The summed E-state index contributed by atoms with van der Waals surface area (Å²) in [7, 11) is 1.39. The van der Waals surface area contributed by atoms with Crippen LogP contribution in [0, 0.1) is 0 Å². The van der Waals surface area contributed by atoms with Crippen molar-refractivity contribution in [1.29, 1.82) is 0 Å². The standard InChI is InChI=1S/C12H13F4NOS/c1-17-10(7-13)11(18-2)8-3-5-9(6-4-8)19-12(14,15)16/h3-6,10-11H,1,7H2,2H3/t10-,11-/m1/s1. The lowest BCUT2D eigenvalue weighted by molar-refractivity contribution is -0.0328. The number of rotatable bonds is 6. The first-order chi connectivity index (χ1) is 8.91. The highest BCUT2D eigenvalue weighted by Gasteiger charge is 2.29. The molecular weight excluding hydrogens is 282 g/mol. The van der Waals surface area contributed by atoms with E-state index in [2.05, 4.69) is 11.7 Å². The second-order valence-corrected chi connectivity index (χ2v) is 4.82. The molecule has 0 saturated heterocycles. The first kappa shape index (κ1) is 16.0. The Morgan fingerprint density at radius 3 is 2.26 bits per heavy atom. The van der Waals surface area contributed by atoms with Gasteiger partial charge in [0.25, 0.3) is 0 Å². The van der Waals surface area contributed by atoms with Crippen molar-refractivity contribution >= 4 is 18.5 Å². The molecule has 106 valence electrons. The number of nitrogens with zero attached hydrogens (tertiary/aromatic N) is 1. The van der Waals surface area contributed by atoms with Crippen LogP contribution < -0.4 is 0 Å². The predicted molar refractivity (Wildman–Crippen MR) is 67.4 cm³/mol. The maximum Gasteiger partial charge on any atom is 0.446 e. The Bertz CT molecular complexity index is 407. The van der Waals surface area contributed by atoms with E-state index in [1.807, 2.05) is 0 Å². The molecule has 1 rings (SSSR count). The molecule has 0 saturated carbocycles. The number of methoxy groups -OCH3 is 1. The quantitative estimate of drug-likeness (QED) is 0.449. The highest BCUT2D eigenvalue weighted by Crippen LogP contribution is 2.37. The van der Waals surface area contributed by atoms with E-state index in [4.69, 9.17) is 4.74 Å². The molecule has 0 aliphatic rings. The lowest BCUT2D eigenvalue weighted by Crippen LogP contribution is -2.20. The molecule has 0 aliphatic carbocycles. The van der Waals surface area contributed by atoms with Gasteiger partial charge in [-0.2, -0.15) is 13.2 Å². The van der Waals surface area contributed by atoms with Crippen LogP contribution in [-0.2, 0) is 4.74 Å². The van der Waals surface area contributed by atoms with Crippen molar-refractivity contribution in [2.45, 2.75) is 22.5 Å². The van der Waals surface area contributed by atoms with Gasteiger partial charge in [-0.3, -0.25) is 4.99 Å². The smallest absolute Gasteiger partial charge is 0.374 e. The summed E-state index contributed by atoms with van der Waals surface area (Å²) < 4.78 is 54.3. The molecule has 0 unspecified atom stereocenters. The summed E-state index contributed by atoms with van der Waals surface area (Å²) in [5.74, 6) is 0. The van der Waals surface area contributed by atoms with Crippen LogP contribution in [0.4, 0.5) is 17.6 Å². The van der Waals surface area contributed by atoms with E-state index in [9.17, 15) is 17.6 Å². The van der Waals surface area contributed by atoms with Crippen LogP contribution in [0.5, 0.6) is 0 Å². The van der Waals surface area contributed by atoms with Crippen molar-refractivity contribution in [2.75, 3.05) is 13.8 Å². The first-order valence-electron chi connectivity index (χ1n) is 5.31. The maximum atomic E-state index is 12.7. The average molecular weight is 295 g/mol. The van der Waals surface area contributed by atoms with Crippen LogP contribution >= 0.6 is 11.8 Å². The largest absolute Gasteiger partial charge is 0.446 e. The van der Waals surface area contributed by atoms with E-state index in [-0.39, 0.29) is 16.7 Å². The minimum atomic E-state index is -4.33. The fourth-order valence-corrected chi connectivity index (χ4v) is 2.14. The number of aliphatic imine (C=N–C) groups is 1. The molecule has 2 nitrogen and oxygen atoms in total. The zero-order valence-electron chi connectivity index (χ0n) is 10.2. The summed E-state index contributed by atoms with van der Waals surface area (Å²) in [6.07, 6.45) is -0.660. The topological polar surface area (TPSA) is 21.6 Å². The third-order valence-electron chi connectivity index (χ3n) is 2.44. The van der Waals surface area contributed by atoms with Crippen LogP contribution in [0.25, 0.3) is 0 Å². The van der Waals surface area contributed by atoms with Gasteiger partial charge in [-0.15, -0.1) is 0 Å². The Kier molecular flexibility index (Phi) is 5.81. The van der Waals surface area contributed by atoms with Gasteiger partial charge in [0, 0.05) is 12.0 Å². The fourth-order valence-electron chi connectivity index (χ4n) is 1.60. The molecule has 0 aliphatic heterocycles. The van der Waals surface area contributed by atoms with Crippen LogP contribution in [0.3, 0.4) is 0 Å². The molecule has 0 aromatic heterocycles. The van der Waals surface area contributed by atoms with Crippen LogP contribution in [0.2, 0.25) is 0 Å². The van der Waals surface area contributed by atoms with Gasteiger partial charge in [-0.1, -0.05) is 12.1 Å².